The molecule has 0 amide bonds. The molecule has 1 nitrogen and oxygen atoms in total. The van der Waals surface area contributed by atoms with Crippen molar-refractivity contribution in [3.63, 3.8) is 0 Å². The van der Waals surface area contributed by atoms with Crippen molar-refractivity contribution >= 4 is 7.85 Å². The first kappa shape index (κ1) is 18.0. The van der Waals surface area contributed by atoms with Gasteiger partial charge in [0, 0.05) is 6.61 Å². The van der Waals surface area contributed by atoms with Gasteiger partial charge in [0.05, 0.1) is 14.0 Å². The fourth-order valence-corrected chi connectivity index (χ4v) is 2.23. The quantitative estimate of drug-likeness (QED) is 0.301. The third-order valence-corrected chi connectivity index (χ3v) is 3.54. The summed E-state index contributed by atoms with van der Waals surface area (Å²) in [6.07, 6.45) is 15.5. The van der Waals surface area contributed by atoms with Gasteiger partial charge >= 0.3 is 0 Å². The second kappa shape index (κ2) is 15.1. The van der Waals surface area contributed by atoms with E-state index in [-0.39, 0.29) is 0 Å². The summed E-state index contributed by atoms with van der Waals surface area (Å²) in [5, 5.41) is 0. The minimum atomic E-state index is 0.501. The van der Waals surface area contributed by atoms with Crippen LogP contribution in [0.3, 0.4) is 0 Å². The predicted octanol–water partition coefficient (Wildman–Crippen LogP) is 5.29. The summed E-state index contributed by atoms with van der Waals surface area (Å²) < 4.78 is 5.95. The molecule has 2 radical (unpaired) electrons. The van der Waals surface area contributed by atoms with Crippen LogP contribution in [-0.2, 0) is 4.74 Å². The molecule has 0 aromatic rings. The lowest BCUT2D eigenvalue weighted by Crippen LogP contribution is -2.12. The first-order chi connectivity index (χ1) is 8.85. The van der Waals surface area contributed by atoms with Crippen LogP contribution in [-0.4, -0.2) is 20.6 Å². The van der Waals surface area contributed by atoms with Crippen molar-refractivity contribution in [2.75, 3.05) is 6.61 Å². The summed E-state index contributed by atoms with van der Waals surface area (Å²) in [5.41, 5.74) is 0. The number of rotatable bonds is 14. The van der Waals surface area contributed by atoms with E-state index < -0.39 is 0 Å². The Labute approximate surface area is 116 Å². The lowest BCUT2D eigenvalue weighted by Gasteiger charge is -2.16. The van der Waals surface area contributed by atoms with Crippen molar-refractivity contribution in [3.8, 4) is 0 Å². The highest BCUT2D eigenvalue weighted by atomic mass is 16.5. The molecule has 0 spiro atoms. The van der Waals surface area contributed by atoms with Gasteiger partial charge in [-0.15, -0.1) is 0 Å². The van der Waals surface area contributed by atoms with Crippen LogP contribution < -0.4 is 0 Å². The molecule has 0 saturated heterocycles. The summed E-state index contributed by atoms with van der Waals surface area (Å²) in [6.45, 7) is 5.45. The van der Waals surface area contributed by atoms with E-state index in [0.717, 1.165) is 25.8 Å². The van der Waals surface area contributed by atoms with Crippen molar-refractivity contribution in [1.82, 2.24) is 0 Å². The number of unbranched alkanes of at least 4 members (excludes halogenated alkanes) is 7. The van der Waals surface area contributed by atoms with Gasteiger partial charge in [0.1, 0.15) is 0 Å². The van der Waals surface area contributed by atoms with Crippen LogP contribution in [0.4, 0.5) is 0 Å². The van der Waals surface area contributed by atoms with Gasteiger partial charge in [-0.1, -0.05) is 71.5 Å². The maximum absolute atomic E-state index is 5.95. The summed E-state index contributed by atoms with van der Waals surface area (Å²) in [7, 11) is 5.47. The van der Waals surface area contributed by atoms with Gasteiger partial charge in [0.2, 0.25) is 0 Å². The van der Waals surface area contributed by atoms with E-state index in [2.05, 4.69) is 13.8 Å². The first-order valence-electron chi connectivity index (χ1n) is 8.16. The Bertz CT molecular complexity index is 150. The first-order valence-corrected chi connectivity index (χ1v) is 8.16. The molecule has 1 unspecified atom stereocenters. The second-order valence-electron chi connectivity index (χ2n) is 5.31. The monoisotopic (exact) mass is 252 g/mol. The topological polar surface area (TPSA) is 9.23 Å². The maximum Gasteiger partial charge on any atom is 0.0653 e. The molecule has 0 aliphatic rings. The van der Waals surface area contributed by atoms with Crippen molar-refractivity contribution in [1.29, 1.82) is 0 Å². The van der Waals surface area contributed by atoms with Crippen LogP contribution in [0.25, 0.3) is 0 Å². The van der Waals surface area contributed by atoms with Gasteiger partial charge in [-0.05, 0) is 19.3 Å². The molecular weight excluding hydrogens is 219 g/mol. The fourth-order valence-electron chi connectivity index (χ4n) is 2.23. The van der Waals surface area contributed by atoms with Crippen LogP contribution in [0.15, 0.2) is 0 Å². The molecule has 2 heteroatoms. The molecular formula is C16H33BO. The summed E-state index contributed by atoms with van der Waals surface area (Å²) in [6, 6.07) is 0. The highest BCUT2D eigenvalue weighted by molar-refractivity contribution is 6.08. The van der Waals surface area contributed by atoms with Gasteiger partial charge in [-0.25, -0.2) is 0 Å². The Morgan fingerprint density at radius 2 is 1.50 bits per heavy atom. The van der Waals surface area contributed by atoms with Crippen molar-refractivity contribution in [2.24, 2.45) is 0 Å². The van der Waals surface area contributed by atoms with E-state index >= 15 is 0 Å². The van der Waals surface area contributed by atoms with E-state index in [1.807, 2.05) is 0 Å². The molecule has 0 heterocycles. The molecule has 0 rings (SSSR count). The van der Waals surface area contributed by atoms with Crippen LogP contribution in [0.2, 0.25) is 6.32 Å². The molecule has 0 aromatic carbocycles. The average molecular weight is 252 g/mol. The summed E-state index contributed by atoms with van der Waals surface area (Å²) in [4.78, 5) is 0. The van der Waals surface area contributed by atoms with Gasteiger partial charge in [0.25, 0.3) is 0 Å². The Kier molecular flexibility index (Phi) is 15.1. The number of hydrogen-bond donors (Lipinski definition) is 0. The van der Waals surface area contributed by atoms with Crippen molar-refractivity contribution in [3.05, 3.63) is 0 Å². The average Bonchev–Trinajstić information content (AvgIpc) is 2.40. The van der Waals surface area contributed by atoms with Gasteiger partial charge in [-0.2, -0.15) is 0 Å². The lowest BCUT2D eigenvalue weighted by molar-refractivity contribution is 0.0407. The zero-order chi connectivity index (χ0) is 13.5. The van der Waals surface area contributed by atoms with E-state index in [1.165, 1.54) is 57.8 Å². The van der Waals surface area contributed by atoms with Crippen LogP contribution in [0.1, 0.15) is 84.5 Å². The van der Waals surface area contributed by atoms with Crippen LogP contribution >= 0.6 is 0 Å². The molecule has 0 bridgehead atoms. The van der Waals surface area contributed by atoms with Gasteiger partial charge in [-0.3, -0.25) is 0 Å². The minimum absolute atomic E-state index is 0.501. The standard InChI is InChI=1S/C16H33BO/c1-3-5-6-7-10-13-16(4-2)18-15-12-9-8-11-14-17/h16H,3-15H2,1-2H3. The molecule has 1 atom stereocenters. The molecule has 0 N–H and O–H groups in total. The third-order valence-electron chi connectivity index (χ3n) is 3.54. The smallest absolute Gasteiger partial charge is 0.0653 e. The van der Waals surface area contributed by atoms with Crippen LogP contribution in [0.5, 0.6) is 0 Å². The Morgan fingerprint density at radius 1 is 0.833 bits per heavy atom. The molecule has 0 aromatic heterocycles. The Balaban J connectivity index is 3.29. The highest BCUT2D eigenvalue weighted by Gasteiger charge is 2.05. The summed E-state index contributed by atoms with van der Waals surface area (Å²) >= 11 is 0. The molecule has 0 aliphatic heterocycles. The van der Waals surface area contributed by atoms with Crippen LogP contribution in [0, 0.1) is 0 Å². The zero-order valence-electron chi connectivity index (χ0n) is 12.8. The minimum Gasteiger partial charge on any atom is -0.378 e. The Morgan fingerprint density at radius 3 is 2.17 bits per heavy atom. The van der Waals surface area contributed by atoms with Crippen molar-refractivity contribution < 1.29 is 4.74 Å². The van der Waals surface area contributed by atoms with E-state index in [0.29, 0.717) is 6.10 Å². The number of hydrogen-bond acceptors (Lipinski definition) is 1. The molecule has 18 heavy (non-hydrogen) atoms. The predicted molar refractivity (Wildman–Crippen MR) is 82.4 cm³/mol. The Hall–Kier alpha value is 0.0249. The second-order valence-corrected chi connectivity index (χ2v) is 5.31. The van der Waals surface area contributed by atoms with Gasteiger partial charge < -0.3 is 4.74 Å². The maximum atomic E-state index is 5.95. The number of ether oxygens (including phenoxy) is 1. The zero-order valence-corrected chi connectivity index (χ0v) is 12.8. The third kappa shape index (κ3) is 12.5. The van der Waals surface area contributed by atoms with E-state index in [9.17, 15) is 0 Å². The largest absolute Gasteiger partial charge is 0.378 e. The van der Waals surface area contributed by atoms with E-state index in [1.54, 1.807) is 0 Å². The van der Waals surface area contributed by atoms with Gasteiger partial charge in [0.15, 0.2) is 0 Å². The molecule has 0 saturated carbocycles. The van der Waals surface area contributed by atoms with E-state index in [4.69, 9.17) is 12.6 Å². The molecule has 0 aliphatic carbocycles. The molecule has 106 valence electrons. The fraction of sp³-hybridized carbons (Fsp3) is 1.00. The summed E-state index contributed by atoms with van der Waals surface area (Å²) in [5.74, 6) is 0. The lowest BCUT2D eigenvalue weighted by atomic mass is 9.99. The van der Waals surface area contributed by atoms with Crippen molar-refractivity contribution in [2.45, 2.75) is 96.9 Å². The normalized spacial score (nSPS) is 12.8. The highest BCUT2D eigenvalue weighted by Crippen LogP contribution is 2.12. The SMILES string of the molecule is [B]CCCCCCOC(CC)CCCCCCC. The molecule has 0 fully saturated rings.